The number of benzene rings is 1. The van der Waals surface area contributed by atoms with Gasteiger partial charge in [-0.25, -0.2) is 0 Å². The van der Waals surface area contributed by atoms with E-state index >= 15 is 0 Å². The summed E-state index contributed by atoms with van der Waals surface area (Å²) >= 11 is 0. The summed E-state index contributed by atoms with van der Waals surface area (Å²) in [6.45, 7) is 4.58. The quantitative estimate of drug-likeness (QED) is 0.590. The first-order valence-electron chi connectivity index (χ1n) is 10.6. The number of fused-ring (bicyclic) bond motifs is 1. The van der Waals surface area contributed by atoms with E-state index in [4.69, 9.17) is 10.00 Å². The molecule has 0 radical (unpaired) electrons. The van der Waals surface area contributed by atoms with Crippen molar-refractivity contribution in [3.8, 4) is 11.8 Å². The van der Waals surface area contributed by atoms with E-state index in [1.807, 2.05) is 19.9 Å². The molecule has 3 heterocycles. The zero-order chi connectivity index (χ0) is 23.9. The van der Waals surface area contributed by atoms with Crippen molar-refractivity contribution >= 4 is 16.7 Å². The van der Waals surface area contributed by atoms with Crippen LogP contribution in [0.4, 0.5) is 18.9 Å². The van der Waals surface area contributed by atoms with E-state index in [0.717, 1.165) is 12.1 Å². The smallest absolute Gasteiger partial charge is 0.416 e. The molecule has 10 heteroatoms. The molecule has 0 saturated carbocycles. The van der Waals surface area contributed by atoms with E-state index in [9.17, 15) is 18.0 Å². The Labute approximate surface area is 188 Å². The summed E-state index contributed by atoms with van der Waals surface area (Å²) in [7, 11) is 1.66. The van der Waals surface area contributed by atoms with Gasteiger partial charge in [-0.2, -0.15) is 23.5 Å². The van der Waals surface area contributed by atoms with Gasteiger partial charge in [0, 0.05) is 38.0 Å². The standard InChI is InChI=1S/C23H24F3N5O2/c1-14-12-31(18-11-21(32)29(3)19-13-30(8-7-27)28-22(18)19)15(2)9-20(14)33-17-6-4-5-16(10-17)23(24,25)26/h4-6,10-11,13-15,20H,8-9,12H2,1-3H3/t14-,15-,20?/m1/s1. The van der Waals surface area contributed by atoms with Crippen molar-refractivity contribution in [3.63, 3.8) is 0 Å². The number of ether oxygens (including phenoxy) is 1. The zero-order valence-corrected chi connectivity index (χ0v) is 18.5. The molecular weight excluding hydrogens is 435 g/mol. The number of hydrogen-bond acceptors (Lipinski definition) is 5. The summed E-state index contributed by atoms with van der Waals surface area (Å²) in [5.74, 6) is 0.171. The molecular formula is C23H24F3N5O2. The van der Waals surface area contributed by atoms with Crippen LogP contribution in [0.1, 0.15) is 25.8 Å². The van der Waals surface area contributed by atoms with E-state index in [-0.39, 0.29) is 35.9 Å². The Morgan fingerprint density at radius 1 is 1.27 bits per heavy atom. The van der Waals surface area contributed by atoms with Crippen molar-refractivity contribution < 1.29 is 17.9 Å². The monoisotopic (exact) mass is 459 g/mol. The third kappa shape index (κ3) is 4.40. The van der Waals surface area contributed by atoms with Crippen molar-refractivity contribution in [2.75, 3.05) is 11.4 Å². The second kappa shape index (κ2) is 8.46. The molecule has 1 aliphatic rings. The van der Waals surface area contributed by atoms with Gasteiger partial charge in [0.25, 0.3) is 5.56 Å². The second-order valence-corrected chi connectivity index (χ2v) is 8.54. The van der Waals surface area contributed by atoms with Gasteiger partial charge in [0.2, 0.25) is 0 Å². The van der Waals surface area contributed by atoms with Crippen molar-refractivity contribution in [1.82, 2.24) is 14.3 Å². The number of halogens is 3. The molecule has 1 saturated heterocycles. The van der Waals surface area contributed by atoms with Gasteiger partial charge in [0.05, 0.1) is 29.0 Å². The fourth-order valence-electron chi connectivity index (χ4n) is 4.34. The topological polar surface area (TPSA) is 76.1 Å². The number of piperidine rings is 1. The summed E-state index contributed by atoms with van der Waals surface area (Å²) in [4.78, 5) is 14.7. The molecule has 3 atom stereocenters. The van der Waals surface area contributed by atoms with Gasteiger partial charge in [0.1, 0.15) is 23.9 Å². The molecule has 1 unspecified atom stereocenters. The van der Waals surface area contributed by atoms with Gasteiger partial charge in [-0.1, -0.05) is 13.0 Å². The Balaban J connectivity index is 1.60. The molecule has 33 heavy (non-hydrogen) atoms. The minimum absolute atomic E-state index is 0.0176. The minimum Gasteiger partial charge on any atom is -0.490 e. The summed E-state index contributed by atoms with van der Waals surface area (Å²) in [6, 6.07) is 8.47. The van der Waals surface area contributed by atoms with Crippen LogP contribution in [-0.4, -0.2) is 33.0 Å². The first-order chi connectivity index (χ1) is 15.6. The van der Waals surface area contributed by atoms with Crippen LogP contribution in [0, 0.1) is 17.2 Å². The second-order valence-electron chi connectivity index (χ2n) is 8.54. The summed E-state index contributed by atoms with van der Waals surface area (Å²) in [5, 5.41) is 13.5. The number of pyridine rings is 1. The number of aromatic nitrogens is 3. The maximum Gasteiger partial charge on any atom is 0.416 e. The molecule has 2 aromatic heterocycles. The summed E-state index contributed by atoms with van der Waals surface area (Å²) in [6.07, 6.45) is -2.46. The number of hydrogen-bond donors (Lipinski definition) is 0. The fraction of sp³-hybridized carbons (Fsp3) is 0.435. The third-order valence-electron chi connectivity index (χ3n) is 6.15. The predicted molar refractivity (Wildman–Crippen MR) is 117 cm³/mol. The normalized spacial score (nSPS) is 21.2. The molecule has 0 amide bonds. The Kier molecular flexibility index (Phi) is 5.82. The highest BCUT2D eigenvalue weighted by Gasteiger charge is 2.35. The highest BCUT2D eigenvalue weighted by Crippen LogP contribution is 2.35. The first-order valence-corrected chi connectivity index (χ1v) is 10.6. The lowest BCUT2D eigenvalue weighted by atomic mass is 9.91. The Morgan fingerprint density at radius 2 is 2.03 bits per heavy atom. The van der Waals surface area contributed by atoms with Gasteiger partial charge in [-0.3, -0.25) is 9.48 Å². The van der Waals surface area contributed by atoms with Crippen LogP contribution in [0.2, 0.25) is 0 Å². The average Bonchev–Trinajstić information content (AvgIpc) is 3.17. The maximum absolute atomic E-state index is 13.0. The van der Waals surface area contributed by atoms with Gasteiger partial charge in [-0.15, -0.1) is 0 Å². The number of nitrogens with zero attached hydrogens (tertiary/aromatic N) is 5. The van der Waals surface area contributed by atoms with E-state index < -0.39 is 11.7 Å². The lowest BCUT2D eigenvalue weighted by Crippen LogP contribution is -2.49. The number of rotatable bonds is 4. The van der Waals surface area contributed by atoms with E-state index in [2.05, 4.69) is 10.00 Å². The molecule has 0 N–H and O–H groups in total. The number of anilines is 1. The average molecular weight is 459 g/mol. The molecule has 7 nitrogen and oxygen atoms in total. The number of alkyl halides is 3. The SMILES string of the molecule is C[C@@H]1CN(c2cc(=O)n(C)c3cn(CC#N)nc23)[C@H](C)CC1Oc1cccc(C(F)(F)F)c1. The molecule has 4 rings (SSSR count). The van der Waals surface area contributed by atoms with Crippen LogP contribution in [-0.2, 0) is 19.8 Å². The van der Waals surface area contributed by atoms with Crippen LogP contribution in [0.3, 0.4) is 0 Å². The molecule has 174 valence electrons. The Hall–Kier alpha value is -3.48. The summed E-state index contributed by atoms with van der Waals surface area (Å²) < 4.78 is 48.1. The summed E-state index contributed by atoms with van der Waals surface area (Å²) in [5.41, 5.74) is 1.02. The lowest BCUT2D eigenvalue weighted by molar-refractivity contribution is -0.137. The van der Waals surface area contributed by atoms with Crippen LogP contribution >= 0.6 is 0 Å². The van der Waals surface area contributed by atoms with Gasteiger partial charge >= 0.3 is 6.18 Å². The van der Waals surface area contributed by atoms with Gasteiger partial charge < -0.3 is 14.2 Å². The molecule has 3 aromatic rings. The van der Waals surface area contributed by atoms with Crippen LogP contribution in [0.5, 0.6) is 5.75 Å². The highest BCUT2D eigenvalue weighted by molar-refractivity contribution is 5.88. The molecule has 0 aliphatic carbocycles. The van der Waals surface area contributed by atoms with E-state index in [0.29, 0.717) is 29.7 Å². The third-order valence-corrected chi connectivity index (χ3v) is 6.15. The van der Waals surface area contributed by atoms with Crippen molar-refractivity contribution in [2.45, 2.75) is 45.1 Å². The fourth-order valence-corrected chi connectivity index (χ4v) is 4.34. The van der Waals surface area contributed by atoms with Crippen molar-refractivity contribution in [1.29, 1.82) is 5.26 Å². The molecule has 0 bridgehead atoms. The first kappa shape index (κ1) is 22.7. The number of aryl methyl sites for hydroxylation is 1. The predicted octanol–water partition coefficient (Wildman–Crippen LogP) is 3.96. The van der Waals surface area contributed by atoms with Crippen LogP contribution in [0.25, 0.3) is 11.0 Å². The van der Waals surface area contributed by atoms with E-state index in [1.165, 1.54) is 21.4 Å². The lowest BCUT2D eigenvalue weighted by Gasteiger charge is -2.42. The van der Waals surface area contributed by atoms with E-state index in [1.54, 1.807) is 19.3 Å². The van der Waals surface area contributed by atoms with Crippen LogP contribution in [0.15, 0.2) is 41.3 Å². The maximum atomic E-state index is 13.0. The molecule has 1 aliphatic heterocycles. The zero-order valence-electron chi connectivity index (χ0n) is 18.5. The minimum atomic E-state index is -4.43. The van der Waals surface area contributed by atoms with Crippen molar-refractivity contribution in [3.05, 3.63) is 52.4 Å². The van der Waals surface area contributed by atoms with Crippen LogP contribution < -0.4 is 15.2 Å². The highest BCUT2D eigenvalue weighted by atomic mass is 19.4. The largest absolute Gasteiger partial charge is 0.490 e. The molecule has 1 aromatic carbocycles. The number of nitriles is 1. The Bertz CT molecular complexity index is 1270. The van der Waals surface area contributed by atoms with Crippen molar-refractivity contribution in [2.24, 2.45) is 13.0 Å². The molecule has 1 fully saturated rings. The Morgan fingerprint density at radius 3 is 2.73 bits per heavy atom. The van der Waals surface area contributed by atoms with Gasteiger partial charge in [-0.05, 0) is 25.1 Å². The molecule has 0 spiro atoms. The van der Waals surface area contributed by atoms with Gasteiger partial charge in [0.15, 0.2) is 0 Å².